The molecule has 1 N–H and O–H groups in total. The smallest absolute Gasteiger partial charge is 0.413 e. The second kappa shape index (κ2) is 5.51. The summed E-state index contributed by atoms with van der Waals surface area (Å²) in [5.74, 6) is 2.01. The maximum absolute atomic E-state index is 11.5. The van der Waals surface area contributed by atoms with Crippen LogP contribution >= 0.6 is 0 Å². The van der Waals surface area contributed by atoms with Crippen molar-refractivity contribution in [3.8, 4) is 11.5 Å². The number of carbonyl (C=O) groups is 1. The highest BCUT2D eigenvalue weighted by atomic mass is 16.7. The molecule has 112 valence electrons. The number of hydrogen-bond acceptors (Lipinski definition) is 6. The van der Waals surface area contributed by atoms with Crippen LogP contribution in [0.4, 0.5) is 4.79 Å². The summed E-state index contributed by atoms with van der Waals surface area (Å²) in [5.41, 5.74) is 1.06. The van der Waals surface area contributed by atoms with E-state index < -0.39 is 6.09 Å². The normalized spacial score (nSPS) is 19.4. The van der Waals surface area contributed by atoms with Crippen LogP contribution in [-0.4, -0.2) is 43.9 Å². The van der Waals surface area contributed by atoms with Crippen LogP contribution in [0.3, 0.4) is 0 Å². The fourth-order valence-corrected chi connectivity index (χ4v) is 2.39. The molecule has 0 saturated heterocycles. The third-order valence-corrected chi connectivity index (χ3v) is 3.49. The Balaban J connectivity index is 1.70. The molecular formula is C14H17N3O4. The van der Waals surface area contributed by atoms with Crippen molar-refractivity contribution in [1.82, 2.24) is 10.2 Å². The first-order valence-corrected chi connectivity index (χ1v) is 6.79. The van der Waals surface area contributed by atoms with E-state index in [4.69, 9.17) is 14.2 Å². The molecule has 1 atom stereocenters. The Morgan fingerprint density at radius 2 is 2.29 bits per heavy atom. The third kappa shape index (κ3) is 2.58. The maximum Gasteiger partial charge on any atom is 0.413 e. The SMILES string of the molecule is CCOC(=O)NC1=NCC(c2ccc3c(c2)OCO3)N1C. The minimum Gasteiger partial charge on any atom is -0.454 e. The summed E-state index contributed by atoms with van der Waals surface area (Å²) in [6, 6.07) is 5.88. The van der Waals surface area contributed by atoms with Crippen molar-refractivity contribution in [3.63, 3.8) is 0 Å². The van der Waals surface area contributed by atoms with Crippen LogP contribution in [-0.2, 0) is 4.74 Å². The highest BCUT2D eigenvalue weighted by Crippen LogP contribution is 2.36. The van der Waals surface area contributed by atoms with Crippen molar-refractivity contribution in [2.45, 2.75) is 13.0 Å². The molecule has 1 amide bonds. The largest absolute Gasteiger partial charge is 0.454 e. The highest BCUT2D eigenvalue weighted by Gasteiger charge is 2.28. The molecule has 1 aromatic carbocycles. The Kier molecular flexibility index (Phi) is 3.55. The number of carbonyl (C=O) groups excluding carboxylic acids is 1. The van der Waals surface area contributed by atoms with Gasteiger partial charge in [-0.25, -0.2) is 4.79 Å². The predicted molar refractivity (Wildman–Crippen MR) is 75.5 cm³/mol. The van der Waals surface area contributed by atoms with Gasteiger partial charge in [-0.3, -0.25) is 10.3 Å². The van der Waals surface area contributed by atoms with E-state index in [-0.39, 0.29) is 12.8 Å². The molecule has 0 aliphatic carbocycles. The van der Waals surface area contributed by atoms with Gasteiger partial charge >= 0.3 is 6.09 Å². The zero-order chi connectivity index (χ0) is 14.8. The molecule has 0 fully saturated rings. The molecule has 2 heterocycles. The van der Waals surface area contributed by atoms with Crippen molar-refractivity contribution in [2.24, 2.45) is 4.99 Å². The summed E-state index contributed by atoms with van der Waals surface area (Å²) in [5, 5.41) is 2.64. The first kappa shape index (κ1) is 13.5. The topological polar surface area (TPSA) is 72.4 Å². The molecule has 0 saturated carbocycles. The van der Waals surface area contributed by atoms with Crippen LogP contribution in [0.15, 0.2) is 23.2 Å². The van der Waals surface area contributed by atoms with Crippen molar-refractivity contribution in [1.29, 1.82) is 0 Å². The molecule has 7 heteroatoms. The van der Waals surface area contributed by atoms with Crippen LogP contribution in [0, 0.1) is 0 Å². The third-order valence-electron chi connectivity index (χ3n) is 3.49. The number of aliphatic imine (C=N–C) groups is 1. The Bertz CT molecular complexity index is 588. The Morgan fingerprint density at radius 3 is 3.10 bits per heavy atom. The molecule has 0 radical (unpaired) electrons. The molecule has 1 unspecified atom stereocenters. The van der Waals surface area contributed by atoms with Crippen molar-refractivity contribution in [3.05, 3.63) is 23.8 Å². The minimum absolute atomic E-state index is 0.0522. The van der Waals surface area contributed by atoms with E-state index in [1.807, 2.05) is 30.1 Å². The van der Waals surface area contributed by atoms with E-state index in [0.717, 1.165) is 17.1 Å². The molecule has 3 rings (SSSR count). The number of nitrogens with zero attached hydrogens (tertiary/aromatic N) is 2. The molecule has 0 aromatic heterocycles. The summed E-state index contributed by atoms with van der Waals surface area (Å²) in [4.78, 5) is 17.7. The first-order chi connectivity index (χ1) is 10.2. The zero-order valence-electron chi connectivity index (χ0n) is 12.0. The fraction of sp³-hybridized carbons (Fsp3) is 0.429. The van der Waals surface area contributed by atoms with Crippen LogP contribution < -0.4 is 14.8 Å². The van der Waals surface area contributed by atoms with Gasteiger partial charge in [0.15, 0.2) is 11.5 Å². The van der Waals surface area contributed by atoms with Gasteiger partial charge in [-0.15, -0.1) is 0 Å². The lowest BCUT2D eigenvalue weighted by molar-refractivity contribution is 0.156. The van der Waals surface area contributed by atoms with Gasteiger partial charge in [0, 0.05) is 7.05 Å². The van der Waals surface area contributed by atoms with E-state index >= 15 is 0 Å². The second-order valence-corrected chi connectivity index (χ2v) is 4.75. The minimum atomic E-state index is -0.491. The van der Waals surface area contributed by atoms with Crippen molar-refractivity contribution >= 4 is 12.1 Å². The average Bonchev–Trinajstić information content (AvgIpc) is 3.06. The van der Waals surface area contributed by atoms with E-state index in [0.29, 0.717) is 19.1 Å². The monoisotopic (exact) mass is 291 g/mol. The summed E-state index contributed by atoms with van der Waals surface area (Å²) >= 11 is 0. The van der Waals surface area contributed by atoms with E-state index in [1.54, 1.807) is 6.92 Å². The van der Waals surface area contributed by atoms with Gasteiger partial charge in [-0.1, -0.05) is 6.07 Å². The Hall–Kier alpha value is -2.44. The summed E-state index contributed by atoms with van der Waals surface area (Å²) in [7, 11) is 1.88. The molecule has 0 spiro atoms. The molecule has 21 heavy (non-hydrogen) atoms. The number of hydrogen-bond donors (Lipinski definition) is 1. The number of guanidine groups is 1. The van der Waals surface area contributed by atoms with Crippen molar-refractivity contribution in [2.75, 3.05) is 27.0 Å². The number of ether oxygens (including phenoxy) is 3. The average molecular weight is 291 g/mol. The van der Waals surface area contributed by atoms with Gasteiger partial charge in [0.25, 0.3) is 0 Å². The number of likely N-dealkylation sites (N-methyl/N-ethyl adjacent to an activating group) is 1. The second-order valence-electron chi connectivity index (χ2n) is 4.75. The summed E-state index contributed by atoms with van der Waals surface area (Å²) < 4.78 is 15.6. The Morgan fingerprint density at radius 1 is 1.48 bits per heavy atom. The van der Waals surface area contributed by atoms with Crippen LogP contribution in [0.1, 0.15) is 18.5 Å². The quantitative estimate of drug-likeness (QED) is 0.894. The summed E-state index contributed by atoms with van der Waals surface area (Å²) in [6.45, 7) is 2.91. The highest BCUT2D eigenvalue weighted by molar-refractivity contribution is 5.94. The van der Waals surface area contributed by atoms with E-state index in [9.17, 15) is 4.79 Å². The van der Waals surface area contributed by atoms with Crippen LogP contribution in [0.2, 0.25) is 0 Å². The van der Waals surface area contributed by atoms with Crippen LogP contribution in [0.5, 0.6) is 11.5 Å². The zero-order valence-corrected chi connectivity index (χ0v) is 12.0. The number of benzene rings is 1. The van der Waals surface area contributed by atoms with Gasteiger partial charge in [0.2, 0.25) is 12.8 Å². The lowest BCUT2D eigenvalue weighted by atomic mass is 10.1. The molecule has 0 bridgehead atoms. The standard InChI is InChI=1S/C14H17N3O4/c1-3-19-14(18)16-13-15-7-10(17(13)2)9-4-5-11-12(6-9)21-8-20-11/h4-6,10H,3,7-8H2,1-2H3,(H,15,16,18). The molecule has 1 aromatic rings. The Labute approximate surface area is 122 Å². The van der Waals surface area contributed by atoms with Gasteiger partial charge in [0.05, 0.1) is 19.2 Å². The number of nitrogens with one attached hydrogen (secondary N) is 1. The first-order valence-electron chi connectivity index (χ1n) is 6.79. The lowest BCUT2D eigenvalue weighted by Crippen LogP contribution is -2.40. The molecule has 2 aliphatic heterocycles. The van der Waals surface area contributed by atoms with Gasteiger partial charge in [0.1, 0.15) is 0 Å². The summed E-state index contributed by atoms with van der Waals surface area (Å²) in [6.07, 6.45) is -0.491. The maximum atomic E-state index is 11.5. The van der Waals surface area contributed by atoms with Crippen LogP contribution in [0.25, 0.3) is 0 Å². The van der Waals surface area contributed by atoms with E-state index in [1.165, 1.54) is 0 Å². The molecule has 2 aliphatic rings. The predicted octanol–water partition coefficient (Wildman–Crippen LogP) is 1.50. The van der Waals surface area contributed by atoms with E-state index in [2.05, 4.69) is 10.3 Å². The number of amides is 1. The van der Waals surface area contributed by atoms with Gasteiger partial charge in [-0.2, -0.15) is 0 Å². The van der Waals surface area contributed by atoms with Gasteiger partial charge < -0.3 is 19.1 Å². The number of rotatable bonds is 2. The van der Waals surface area contributed by atoms with Crippen molar-refractivity contribution < 1.29 is 19.0 Å². The molecule has 7 nitrogen and oxygen atoms in total. The van der Waals surface area contributed by atoms with Gasteiger partial charge in [-0.05, 0) is 24.6 Å². The number of alkyl carbamates (subject to hydrolysis) is 1. The number of fused-ring (bicyclic) bond motifs is 1. The fourth-order valence-electron chi connectivity index (χ4n) is 2.39. The molecular weight excluding hydrogens is 274 g/mol. The lowest BCUT2D eigenvalue weighted by Gasteiger charge is -2.23.